The third-order valence-corrected chi connectivity index (χ3v) is 4.54. The van der Waals surface area contributed by atoms with Crippen molar-refractivity contribution in [3.63, 3.8) is 0 Å². The van der Waals surface area contributed by atoms with Gasteiger partial charge in [0.15, 0.2) is 0 Å². The fourth-order valence-corrected chi connectivity index (χ4v) is 3.58. The molecule has 1 aromatic carbocycles. The van der Waals surface area contributed by atoms with Crippen molar-refractivity contribution in [3.8, 4) is 16.9 Å². The van der Waals surface area contributed by atoms with Crippen LogP contribution in [0.5, 0.6) is 5.75 Å². The van der Waals surface area contributed by atoms with Crippen molar-refractivity contribution in [3.05, 3.63) is 35.5 Å². The Kier molecular flexibility index (Phi) is 4.61. The summed E-state index contributed by atoms with van der Waals surface area (Å²) in [7, 11) is 0. The lowest BCUT2D eigenvalue weighted by Gasteiger charge is -2.08. The lowest BCUT2D eigenvalue weighted by Crippen LogP contribution is -2.13. The quantitative estimate of drug-likeness (QED) is 0.712. The second kappa shape index (κ2) is 6.84. The second-order valence-electron chi connectivity index (χ2n) is 5.14. The summed E-state index contributed by atoms with van der Waals surface area (Å²) in [6, 6.07) is 7.84. The van der Waals surface area contributed by atoms with Gasteiger partial charge >= 0.3 is 5.97 Å². The maximum atomic E-state index is 10.9. The molecule has 0 bridgehead atoms. The molecule has 3 aromatic rings. The number of rotatable bonds is 6. The standard InChI is InChI=1S/C17H17N3O3S/c1-3-23-12-6-4-11(5-7-12)14-10(2)24-17-15(14)16(19-9-20-17)18-8-13(21)22/h4-7,9H,3,8H2,1-2H3,(H,21,22)(H,18,19,20). The Balaban J connectivity index is 2.09. The van der Waals surface area contributed by atoms with E-state index < -0.39 is 5.97 Å². The molecule has 0 fully saturated rings. The number of anilines is 1. The number of thiophene rings is 1. The first kappa shape index (κ1) is 16.2. The van der Waals surface area contributed by atoms with Crippen molar-refractivity contribution < 1.29 is 14.6 Å². The van der Waals surface area contributed by atoms with Crippen LogP contribution in [0.2, 0.25) is 0 Å². The van der Waals surface area contributed by atoms with Crippen LogP contribution in [0, 0.1) is 6.92 Å². The number of aryl methyl sites for hydroxylation is 1. The number of hydrogen-bond donors (Lipinski definition) is 2. The van der Waals surface area contributed by atoms with E-state index in [1.807, 2.05) is 38.1 Å². The number of carboxylic acid groups (broad SMARTS) is 1. The molecular weight excluding hydrogens is 326 g/mol. The third-order valence-electron chi connectivity index (χ3n) is 3.53. The van der Waals surface area contributed by atoms with Gasteiger partial charge in [-0.15, -0.1) is 11.3 Å². The topological polar surface area (TPSA) is 84.3 Å². The van der Waals surface area contributed by atoms with Gasteiger partial charge < -0.3 is 15.2 Å². The van der Waals surface area contributed by atoms with Crippen LogP contribution in [0.3, 0.4) is 0 Å². The van der Waals surface area contributed by atoms with Crippen LogP contribution in [-0.4, -0.2) is 34.2 Å². The highest BCUT2D eigenvalue weighted by atomic mass is 32.1. The van der Waals surface area contributed by atoms with E-state index in [0.717, 1.165) is 32.0 Å². The third kappa shape index (κ3) is 3.16. The summed E-state index contributed by atoms with van der Waals surface area (Å²) in [5.41, 5.74) is 2.04. The van der Waals surface area contributed by atoms with Gasteiger partial charge in [0.25, 0.3) is 0 Å². The largest absolute Gasteiger partial charge is 0.494 e. The normalized spacial score (nSPS) is 10.8. The molecule has 0 saturated heterocycles. The first-order chi connectivity index (χ1) is 11.6. The number of fused-ring (bicyclic) bond motifs is 1. The van der Waals surface area contributed by atoms with E-state index in [1.165, 1.54) is 6.33 Å². The summed E-state index contributed by atoms with van der Waals surface area (Å²) in [6.45, 7) is 4.40. The predicted molar refractivity (Wildman–Crippen MR) is 94.9 cm³/mol. The van der Waals surface area contributed by atoms with Crippen molar-refractivity contribution in [1.82, 2.24) is 9.97 Å². The number of aliphatic carboxylic acids is 1. The molecule has 0 spiro atoms. The molecule has 0 aliphatic rings. The van der Waals surface area contributed by atoms with Crippen molar-refractivity contribution in [2.45, 2.75) is 13.8 Å². The molecule has 0 saturated carbocycles. The summed E-state index contributed by atoms with van der Waals surface area (Å²) in [4.78, 5) is 21.3. The van der Waals surface area contributed by atoms with Crippen LogP contribution in [0.1, 0.15) is 11.8 Å². The van der Waals surface area contributed by atoms with Crippen LogP contribution in [0.15, 0.2) is 30.6 Å². The molecule has 2 aromatic heterocycles. The highest BCUT2D eigenvalue weighted by Crippen LogP contribution is 2.40. The fraction of sp³-hybridized carbons (Fsp3) is 0.235. The van der Waals surface area contributed by atoms with Gasteiger partial charge in [0, 0.05) is 10.4 Å². The van der Waals surface area contributed by atoms with Crippen LogP contribution in [0.4, 0.5) is 5.82 Å². The Morgan fingerprint density at radius 1 is 1.29 bits per heavy atom. The lowest BCUT2D eigenvalue weighted by molar-refractivity contribution is -0.134. The van der Waals surface area contributed by atoms with Gasteiger partial charge in [-0.1, -0.05) is 12.1 Å². The summed E-state index contributed by atoms with van der Waals surface area (Å²) in [6.07, 6.45) is 1.45. The average molecular weight is 343 g/mol. The van der Waals surface area contributed by atoms with E-state index in [2.05, 4.69) is 15.3 Å². The molecular formula is C17H17N3O3S. The molecule has 3 rings (SSSR count). The molecule has 6 nitrogen and oxygen atoms in total. The number of nitrogens with one attached hydrogen (secondary N) is 1. The number of carboxylic acids is 1. The van der Waals surface area contributed by atoms with E-state index in [4.69, 9.17) is 9.84 Å². The number of carbonyl (C=O) groups is 1. The molecule has 2 N–H and O–H groups in total. The molecule has 0 amide bonds. The lowest BCUT2D eigenvalue weighted by atomic mass is 10.0. The average Bonchev–Trinajstić information content (AvgIpc) is 2.90. The molecule has 0 unspecified atom stereocenters. The zero-order valence-corrected chi connectivity index (χ0v) is 14.2. The Bertz CT molecular complexity index is 875. The van der Waals surface area contributed by atoms with Gasteiger partial charge in [-0.25, -0.2) is 9.97 Å². The maximum absolute atomic E-state index is 10.9. The number of ether oxygens (including phenoxy) is 1. The summed E-state index contributed by atoms with van der Waals surface area (Å²) in [5, 5.41) is 12.6. The van der Waals surface area contributed by atoms with Gasteiger partial charge in [-0.05, 0) is 31.5 Å². The molecule has 7 heteroatoms. The van der Waals surface area contributed by atoms with Crippen molar-refractivity contribution >= 4 is 33.3 Å². The van der Waals surface area contributed by atoms with Crippen molar-refractivity contribution in [2.24, 2.45) is 0 Å². The van der Waals surface area contributed by atoms with Gasteiger partial charge in [0.1, 0.15) is 29.3 Å². The zero-order valence-electron chi connectivity index (χ0n) is 13.4. The zero-order chi connectivity index (χ0) is 17.1. The van der Waals surface area contributed by atoms with Crippen molar-refractivity contribution in [1.29, 1.82) is 0 Å². The van der Waals surface area contributed by atoms with Gasteiger partial charge in [-0.3, -0.25) is 4.79 Å². The Labute approximate surface area is 143 Å². The Morgan fingerprint density at radius 3 is 2.71 bits per heavy atom. The van der Waals surface area contributed by atoms with Crippen LogP contribution in [-0.2, 0) is 4.79 Å². The van der Waals surface area contributed by atoms with E-state index in [1.54, 1.807) is 11.3 Å². The number of benzene rings is 1. The molecule has 0 aliphatic heterocycles. The highest BCUT2D eigenvalue weighted by molar-refractivity contribution is 7.19. The molecule has 2 heterocycles. The predicted octanol–water partition coefficient (Wildman–Crippen LogP) is 3.56. The SMILES string of the molecule is CCOc1ccc(-c2c(C)sc3ncnc(NCC(=O)O)c23)cc1. The summed E-state index contributed by atoms with van der Waals surface area (Å²) in [5.74, 6) is 0.422. The molecule has 24 heavy (non-hydrogen) atoms. The minimum Gasteiger partial charge on any atom is -0.494 e. The monoisotopic (exact) mass is 343 g/mol. The van der Waals surface area contributed by atoms with Gasteiger partial charge in [-0.2, -0.15) is 0 Å². The van der Waals surface area contributed by atoms with Crippen LogP contribution >= 0.6 is 11.3 Å². The molecule has 0 atom stereocenters. The van der Waals surface area contributed by atoms with Gasteiger partial charge in [0.05, 0.1) is 12.0 Å². The smallest absolute Gasteiger partial charge is 0.322 e. The van der Waals surface area contributed by atoms with E-state index in [-0.39, 0.29) is 6.54 Å². The number of hydrogen-bond acceptors (Lipinski definition) is 6. The van der Waals surface area contributed by atoms with Gasteiger partial charge in [0.2, 0.25) is 0 Å². The van der Waals surface area contributed by atoms with E-state index in [9.17, 15) is 4.79 Å². The Morgan fingerprint density at radius 2 is 2.04 bits per heavy atom. The summed E-state index contributed by atoms with van der Waals surface area (Å²) < 4.78 is 5.48. The van der Waals surface area contributed by atoms with Crippen LogP contribution in [0.25, 0.3) is 21.3 Å². The minimum absolute atomic E-state index is 0.191. The van der Waals surface area contributed by atoms with E-state index in [0.29, 0.717) is 12.4 Å². The highest BCUT2D eigenvalue weighted by Gasteiger charge is 2.17. The minimum atomic E-state index is -0.934. The molecule has 124 valence electrons. The molecule has 0 radical (unpaired) electrons. The van der Waals surface area contributed by atoms with Crippen molar-refractivity contribution in [2.75, 3.05) is 18.5 Å². The number of nitrogens with zero attached hydrogens (tertiary/aromatic N) is 2. The Hall–Kier alpha value is -2.67. The first-order valence-electron chi connectivity index (χ1n) is 7.53. The number of aromatic nitrogens is 2. The molecule has 0 aliphatic carbocycles. The van der Waals surface area contributed by atoms with Crippen LogP contribution < -0.4 is 10.1 Å². The first-order valence-corrected chi connectivity index (χ1v) is 8.34. The van der Waals surface area contributed by atoms with E-state index >= 15 is 0 Å². The summed E-state index contributed by atoms with van der Waals surface area (Å²) >= 11 is 1.57. The second-order valence-corrected chi connectivity index (χ2v) is 6.34. The maximum Gasteiger partial charge on any atom is 0.322 e. The fourth-order valence-electron chi connectivity index (χ4n) is 2.57.